The van der Waals surface area contributed by atoms with Crippen LogP contribution < -0.4 is 5.32 Å². The summed E-state index contributed by atoms with van der Waals surface area (Å²) in [6.07, 6.45) is 1.60. The SMILES string of the molecule is CCn1c(SCC(=O)Nc2ccc([N+](=O)[O-])cc2C)nnc1-c1ccoc1C. The lowest BCUT2D eigenvalue weighted by Crippen LogP contribution is -2.15. The number of hydrogen-bond donors (Lipinski definition) is 1. The molecule has 0 aliphatic heterocycles. The molecule has 146 valence electrons. The van der Waals surface area contributed by atoms with E-state index in [4.69, 9.17) is 4.42 Å². The molecule has 0 aliphatic carbocycles. The molecule has 0 aliphatic rings. The largest absolute Gasteiger partial charge is 0.469 e. The lowest BCUT2D eigenvalue weighted by atomic mass is 10.2. The Labute approximate surface area is 165 Å². The highest BCUT2D eigenvalue weighted by molar-refractivity contribution is 7.99. The van der Waals surface area contributed by atoms with E-state index in [1.165, 1.54) is 30.0 Å². The van der Waals surface area contributed by atoms with Crippen LogP contribution in [0.15, 0.2) is 40.1 Å². The molecule has 0 saturated carbocycles. The zero-order chi connectivity index (χ0) is 20.3. The number of nitro groups is 1. The number of hydrogen-bond acceptors (Lipinski definition) is 7. The Hall–Kier alpha value is -3.14. The fraction of sp³-hybridized carbons (Fsp3) is 0.278. The molecule has 0 radical (unpaired) electrons. The Morgan fingerprint density at radius 3 is 2.71 bits per heavy atom. The molecule has 1 amide bonds. The van der Waals surface area contributed by atoms with E-state index in [0.717, 1.165) is 11.3 Å². The number of non-ortho nitro benzene ring substituents is 1. The lowest BCUT2D eigenvalue weighted by Gasteiger charge is -2.09. The Morgan fingerprint density at radius 1 is 1.32 bits per heavy atom. The Bertz CT molecular complexity index is 1030. The maximum Gasteiger partial charge on any atom is 0.269 e. The molecule has 0 unspecified atom stereocenters. The maximum absolute atomic E-state index is 12.3. The van der Waals surface area contributed by atoms with Gasteiger partial charge in [0.15, 0.2) is 11.0 Å². The molecule has 3 aromatic rings. The van der Waals surface area contributed by atoms with Gasteiger partial charge in [-0.1, -0.05) is 11.8 Å². The maximum atomic E-state index is 12.3. The number of rotatable bonds is 7. The highest BCUT2D eigenvalue weighted by Gasteiger charge is 2.17. The van der Waals surface area contributed by atoms with Crippen molar-refractivity contribution in [2.24, 2.45) is 0 Å². The Kier molecular flexibility index (Phi) is 5.78. The molecule has 9 nitrogen and oxygen atoms in total. The molecule has 2 aromatic heterocycles. The number of furan rings is 1. The van der Waals surface area contributed by atoms with Gasteiger partial charge in [0, 0.05) is 24.4 Å². The monoisotopic (exact) mass is 401 g/mol. The second-order valence-corrected chi connectivity index (χ2v) is 6.98. The molecule has 0 atom stereocenters. The van der Waals surface area contributed by atoms with Crippen molar-refractivity contribution in [3.05, 3.63) is 52.0 Å². The van der Waals surface area contributed by atoms with Gasteiger partial charge in [-0.3, -0.25) is 14.9 Å². The van der Waals surface area contributed by atoms with Crippen LogP contribution in [0.2, 0.25) is 0 Å². The van der Waals surface area contributed by atoms with Gasteiger partial charge in [0.25, 0.3) is 5.69 Å². The van der Waals surface area contributed by atoms with Crippen LogP contribution in [0, 0.1) is 24.0 Å². The number of thioether (sulfide) groups is 1. The van der Waals surface area contributed by atoms with Crippen LogP contribution in [-0.2, 0) is 11.3 Å². The van der Waals surface area contributed by atoms with E-state index in [1.807, 2.05) is 24.5 Å². The second kappa shape index (κ2) is 8.26. The number of aromatic nitrogens is 3. The van der Waals surface area contributed by atoms with E-state index in [2.05, 4.69) is 15.5 Å². The van der Waals surface area contributed by atoms with Crippen molar-refractivity contribution in [1.82, 2.24) is 14.8 Å². The Balaban J connectivity index is 1.68. The summed E-state index contributed by atoms with van der Waals surface area (Å²) in [5, 5.41) is 22.6. The summed E-state index contributed by atoms with van der Waals surface area (Å²) in [5.74, 6) is 1.36. The number of anilines is 1. The summed E-state index contributed by atoms with van der Waals surface area (Å²) in [5.41, 5.74) is 2.03. The lowest BCUT2D eigenvalue weighted by molar-refractivity contribution is -0.384. The van der Waals surface area contributed by atoms with Gasteiger partial charge in [-0.15, -0.1) is 10.2 Å². The van der Waals surface area contributed by atoms with Gasteiger partial charge in [0.05, 0.1) is 22.5 Å². The highest BCUT2D eigenvalue weighted by atomic mass is 32.2. The van der Waals surface area contributed by atoms with Crippen molar-refractivity contribution < 1.29 is 14.1 Å². The number of carbonyl (C=O) groups is 1. The first-order chi connectivity index (χ1) is 13.4. The fourth-order valence-electron chi connectivity index (χ4n) is 2.71. The Morgan fingerprint density at radius 2 is 2.11 bits per heavy atom. The third-order valence-electron chi connectivity index (χ3n) is 4.16. The van der Waals surface area contributed by atoms with E-state index in [0.29, 0.717) is 28.8 Å². The average Bonchev–Trinajstić information content (AvgIpc) is 3.26. The van der Waals surface area contributed by atoms with E-state index in [1.54, 1.807) is 13.2 Å². The number of aryl methyl sites for hydroxylation is 2. The van der Waals surface area contributed by atoms with Gasteiger partial charge in [-0.2, -0.15) is 0 Å². The highest BCUT2D eigenvalue weighted by Crippen LogP contribution is 2.27. The molecule has 0 fully saturated rings. The minimum atomic E-state index is -0.467. The number of benzene rings is 1. The van der Waals surface area contributed by atoms with E-state index in [-0.39, 0.29) is 17.3 Å². The second-order valence-electron chi connectivity index (χ2n) is 6.03. The molecule has 0 spiro atoms. The van der Waals surface area contributed by atoms with Gasteiger partial charge in [0.2, 0.25) is 5.91 Å². The van der Waals surface area contributed by atoms with Crippen molar-refractivity contribution in [3.63, 3.8) is 0 Å². The van der Waals surface area contributed by atoms with Crippen LogP contribution in [0.1, 0.15) is 18.2 Å². The van der Waals surface area contributed by atoms with Crippen LogP contribution in [0.25, 0.3) is 11.4 Å². The minimum absolute atomic E-state index is 0.0111. The van der Waals surface area contributed by atoms with Crippen LogP contribution in [0.5, 0.6) is 0 Å². The third-order valence-corrected chi connectivity index (χ3v) is 5.13. The van der Waals surface area contributed by atoms with Crippen LogP contribution >= 0.6 is 11.8 Å². The molecule has 28 heavy (non-hydrogen) atoms. The smallest absolute Gasteiger partial charge is 0.269 e. The van der Waals surface area contributed by atoms with E-state index >= 15 is 0 Å². The zero-order valence-electron chi connectivity index (χ0n) is 15.6. The minimum Gasteiger partial charge on any atom is -0.469 e. The molecule has 0 bridgehead atoms. The summed E-state index contributed by atoms with van der Waals surface area (Å²) < 4.78 is 7.26. The van der Waals surface area contributed by atoms with Crippen LogP contribution in [-0.4, -0.2) is 31.3 Å². The van der Waals surface area contributed by atoms with Gasteiger partial charge in [-0.05, 0) is 38.5 Å². The summed E-state index contributed by atoms with van der Waals surface area (Å²) in [6, 6.07) is 6.16. The fourth-order valence-corrected chi connectivity index (χ4v) is 3.52. The van der Waals surface area contributed by atoms with Crippen LogP contribution in [0.4, 0.5) is 11.4 Å². The summed E-state index contributed by atoms with van der Waals surface area (Å²) in [6.45, 7) is 6.20. The molecule has 1 N–H and O–H groups in total. The zero-order valence-corrected chi connectivity index (χ0v) is 16.4. The van der Waals surface area contributed by atoms with Gasteiger partial charge >= 0.3 is 0 Å². The standard InChI is InChI=1S/C18H19N5O4S/c1-4-22-17(14-7-8-27-12(14)3)20-21-18(22)28-10-16(24)19-15-6-5-13(23(25)26)9-11(15)2/h5-9H,4,10H2,1-3H3,(H,19,24). The number of nitrogens with zero attached hydrogens (tertiary/aromatic N) is 4. The summed E-state index contributed by atoms with van der Waals surface area (Å²) in [7, 11) is 0. The quantitative estimate of drug-likeness (QED) is 0.363. The van der Waals surface area contributed by atoms with Gasteiger partial charge in [-0.25, -0.2) is 0 Å². The molecule has 1 aromatic carbocycles. The number of amides is 1. The summed E-state index contributed by atoms with van der Waals surface area (Å²) in [4.78, 5) is 22.6. The predicted molar refractivity (Wildman–Crippen MR) is 105 cm³/mol. The van der Waals surface area contributed by atoms with E-state index in [9.17, 15) is 14.9 Å². The predicted octanol–water partition coefficient (Wildman–Crippen LogP) is 3.81. The molecule has 10 heteroatoms. The van der Waals surface area contributed by atoms with Gasteiger partial charge < -0.3 is 14.3 Å². The van der Waals surface area contributed by atoms with Crippen molar-refractivity contribution >= 4 is 29.0 Å². The van der Waals surface area contributed by atoms with E-state index < -0.39 is 4.92 Å². The van der Waals surface area contributed by atoms with Crippen molar-refractivity contribution in [2.45, 2.75) is 32.5 Å². The molecular formula is C18H19N5O4S. The topological polar surface area (TPSA) is 116 Å². The number of carbonyl (C=O) groups excluding carboxylic acids is 1. The number of nitrogens with one attached hydrogen (secondary N) is 1. The molecule has 3 rings (SSSR count). The van der Waals surface area contributed by atoms with Crippen molar-refractivity contribution in [2.75, 3.05) is 11.1 Å². The molecular weight excluding hydrogens is 382 g/mol. The molecule has 0 saturated heterocycles. The van der Waals surface area contributed by atoms with Gasteiger partial charge in [0.1, 0.15) is 5.76 Å². The van der Waals surface area contributed by atoms with Crippen LogP contribution in [0.3, 0.4) is 0 Å². The first-order valence-corrected chi connectivity index (χ1v) is 9.54. The first kappa shape index (κ1) is 19.6. The average molecular weight is 401 g/mol. The first-order valence-electron chi connectivity index (χ1n) is 8.56. The van der Waals surface area contributed by atoms with Crippen molar-refractivity contribution in [3.8, 4) is 11.4 Å². The number of nitro benzene ring substituents is 1. The third kappa shape index (κ3) is 4.06. The van der Waals surface area contributed by atoms with Crippen molar-refractivity contribution in [1.29, 1.82) is 0 Å². The molecule has 2 heterocycles. The summed E-state index contributed by atoms with van der Waals surface area (Å²) >= 11 is 1.28. The normalized spacial score (nSPS) is 10.8.